The van der Waals surface area contributed by atoms with E-state index in [-0.39, 0.29) is 0 Å². The third kappa shape index (κ3) is 2.50. The van der Waals surface area contributed by atoms with Crippen LogP contribution in [0, 0.1) is 0 Å². The minimum absolute atomic E-state index is 0.348. The van der Waals surface area contributed by atoms with Crippen molar-refractivity contribution in [2.24, 2.45) is 5.73 Å². The fourth-order valence-electron chi connectivity index (χ4n) is 3.40. The SMILES string of the molecule is NCC1(N2CCN(C3CC3)CC2)CCSCC1. The predicted octanol–water partition coefficient (Wildman–Crippen LogP) is 0.991. The predicted molar refractivity (Wildman–Crippen MR) is 74.5 cm³/mol. The molecule has 0 unspecified atom stereocenters. The van der Waals surface area contributed by atoms with E-state index in [4.69, 9.17) is 5.73 Å². The Bertz CT molecular complexity index is 253. The molecule has 0 amide bonds. The standard InChI is InChI=1S/C13H25N3S/c14-11-13(3-9-17-10-4-13)16-7-5-15(6-8-16)12-1-2-12/h12H,1-11,14H2. The summed E-state index contributed by atoms with van der Waals surface area (Å²) in [4.78, 5) is 5.41. The second-order valence-electron chi connectivity index (χ2n) is 5.80. The summed E-state index contributed by atoms with van der Waals surface area (Å²) in [6.45, 7) is 5.91. The summed E-state index contributed by atoms with van der Waals surface area (Å²) in [5.74, 6) is 2.61. The van der Waals surface area contributed by atoms with Gasteiger partial charge in [0.25, 0.3) is 0 Å². The summed E-state index contributed by atoms with van der Waals surface area (Å²) >= 11 is 2.10. The molecule has 0 aromatic rings. The van der Waals surface area contributed by atoms with Crippen LogP contribution in [0.3, 0.4) is 0 Å². The minimum atomic E-state index is 0.348. The summed E-state index contributed by atoms with van der Waals surface area (Å²) < 4.78 is 0. The van der Waals surface area contributed by atoms with Crippen LogP contribution in [-0.2, 0) is 0 Å². The highest BCUT2D eigenvalue weighted by Crippen LogP contribution is 2.34. The van der Waals surface area contributed by atoms with Gasteiger partial charge >= 0.3 is 0 Å². The normalized spacial score (nSPS) is 31.6. The van der Waals surface area contributed by atoms with Gasteiger partial charge in [0.05, 0.1) is 0 Å². The molecule has 3 aliphatic rings. The first-order chi connectivity index (χ1) is 8.34. The second-order valence-corrected chi connectivity index (χ2v) is 7.02. The molecule has 3 rings (SSSR count). The van der Waals surface area contributed by atoms with Crippen molar-refractivity contribution in [1.29, 1.82) is 0 Å². The van der Waals surface area contributed by atoms with Crippen LogP contribution in [0.1, 0.15) is 25.7 Å². The zero-order valence-corrected chi connectivity index (χ0v) is 11.6. The summed E-state index contributed by atoms with van der Waals surface area (Å²) in [5.41, 5.74) is 6.46. The van der Waals surface area contributed by atoms with Gasteiger partial charge in [-0.05, 0) is 37.2 Å². The molecule has 98 valence electrons. The lowest BCUT2D eigenvalue weighted by Crippen LogP contribution is -2.61. The lowest BCUT2D eigenvalue weighted by Gasteiger charge is -2.49. The van der Waals surface area contributed by atoms with E-state index in [0.29, 0.717) is 5.54 Å². The van der Waals surface area contributed by atoms with Crippen LogP contribution in [0.25, 0.3) is 0 Å². The number of nitrogens with two attached hydrogens (primary N) is 1. The molecule has 2 aliphatic heterocycles. The first-order valence-electron chi connectivity index (χ1n) is 7.11. The average molecular weight is 255 g/mol. The van der Waals surface area contributed by atoms with Crippen LogP contribution in [0.4, 0.5) is 0 Å². The average Bonchev–Trinajstić information content (AvgIpc) is 3.24. The van der Waals surface area contributed by atoms with E-state index in [9.17, 15) is 0 Å². The van der Waals surface area contributed by atoms with Gasteiger partial charge in [0.2, 0.25) is 0 Å². The smallest absolute Gasteiger partial charge is 0.0348 e. The molecule has 2 saturated heterocycles. The topological polar surface area (TPSA) is 32.5 Å². The zero-order valence-electron chi connectivity index (χ0n) is 10.7. The number of hydrogen-bond acceptors (Lipinski definition) is 4. The van der Waals surface area contributed by atoms with E-state index in [0.717, 1.165) is 12.6 Å². The molecule has 0 aromatic heterocycles. The highest BCUT2D eigenvalue weighted by atomic mass is 32.2. The number of hydrogen-bond donors (Lipinski definition) is 1. The van der Waals surface area contributed by atoms with Gasteiger partial charge in [-0.1, -0.05) is 0 Å². The maximum atomic E-state index is 6.11. The van der Waals surface area contributed by atoms with Gasteiger partial charge in [-0.15, -0.1) is 0 Å². The fourth-order valence-corrected chi connectivity index (χ4v) is 4.65. The Morgan fingerprint density at radius 3 is 2.24 bits per heavy atom. The molecule has 0 bridgehead atoms. The number of nitrogens with zero attached hydrogens (tertiary/aromatic N) is 2. The molecular weight excluding hydrogens is 230 g/mol. The van der Waals surface area contributed by atoms with Crippen molar-refractivity contribution < 1.29 is 0 Å². The van der Waals surface area contributed by atoms with Crippen molar-refractivity contribution >= 4 is 11.8 Å². The van der Waals surface area contributed by atoms with Gasteiger partial charge in [0, 0.05) is 44.3 Å². The van der Waals surface area contributed by atoms with Gasteiger partial charge < -0.3 is 5.73 Å². The molecular formula is C13H25N3S. The molecule has 0 aromatic carbocycles. The van der Waals surface area contributed by atoms with Crippen molar-refractivity contribution in [3.63, 3.8) is 0 Å². The van der Waals surface area contributed by atoms with Crippen LogP contribution >= 0.6 is 11.8 Å². The van der Waals surface area contributed by atoms with E-state index < -0.39 is 0 Å². The lowest BCUT2D eigenvalue weighted by molar-refractivity contribution is 0.0280. The molecule has 0 spiro atoms. The molecule has 0 atom stereocenters. The molecule has 3 fully saturated rings. The minimum Gasteiger partial charge on any atom is -0.329 e. The summed E-state index contributed by atoms with van der Waals surface area (Å²) in [6.07, 6.45) is 5.49. The van der Waals surface area contributed by atoms with Crippen molar-refractivity contribution in [1.82, 2.24) is 9.80 Å². The van der Waals surface area contributed by atoms with Crippen molar-refractivity contribution in [3.8, 4) is 0 Å². The van der Waals surface area contributed by atoms with E-state index in [2.05, 4.69) is 21.6 Å². The summed E-state index contributed by atoms with van der Waals surface area (Å²) in [7, 11) is 0. The van der Waals surface area contributed by atoms with Crippen LogP contribution < -0.4 is 5.73 Å². The Kier molecular flexibility index (Phi) is 3.67. The lowest BCUT2D eigenvalue weighted by atomic mass is 9.89. The van der Waals surface area contributed by atoms with Crippen LogP contribution in [-0.4, -0.2) is 65.6 Å². The first-order valence-corrected chi connectivity index (χ1v) is 8.26. The summed E-state index contributed by atoms with van der Waals surface area (Å²) in [5, 5.41) is 0. The first kappa shape index (κ1) is 12.3. The molecule has 3 nitrogen and oxygen atoms in total. The molecule has 17 heavy (non-hydrogen) atoms. The molecule has 1 aliphatic carbocycles. The Hall–Kier alpha value is 0.230. The van der Waals surface area contributed by atoms with Crippen LogP contribution in [0.2, 0.25) is 0 Å². The van der Waals surface area contributed by atoms with Gasteiger partial charge in [-0.3, -0.25) is 9.80 Å². The highest BCUT2D eigenvalue weighted by Gasteiger charge is 2.40. The van der Waals surface area contributed by atoms with Crippen LogP contribution in [0.5, 0.6) is 0 Å². The van der Waals surface area contributed by atoms with Gasteiger partial charge in [-0.2, -0.15) is 11.8 Å². The monoisotopic (exact) mass is 255 g/mol. The third-order valence-electron chi connectivity index (χ3n) is 4.85. The zero-order chi connectivity index (χ0) is 11.7. The van der Waals surface area contributed by atoms with Gasteiger partial charge in [0.1, 0.15) is 0 Å². The van der Waals surface area contributed by atoms with Crippen molar-refractivity contribution in [2.45, 2.75) is 37.3 Å². The molecule has 2 heterocycles. The van der Waals surface area contributed by atoms with Crippen molar-refractivity contribution in [3.05, 3.63) is 0 Å². The molecule has 2 N–H and O–H groups in total. The second kappa shape index (κ2) is 5.08. The maximum Gasteiger partial charge on any atom is 0.0348 e. The van der Waals surface area contributed by atoms with Gasteiger partial charge in [-0.25, -0.2) is 0 Å². The van der Waals surface area contributed by atoms with Crippen LogP contribution in [0.15, 0.2) is 0 Å². The van der Waals surface area contributed by atoms with E-state index >= 15 is 0 Å². The molecule has 1 saturated carbocycles. The highest BCUT2D eigenvalue weighted by molar-refractivity contribution is 7.99. The Morgan fingerprint density at radius 2 is 1.71 bits per heavy atom. The fraction of sp³-hybridized carbons (Fsp3) is 1.00. The molecule has 0 radical (unpaired) electrons. The summed E-state index contributed by atoms with van der Waals surface area (Å²) in [6, 6.07) is 0.938. The van der Waals surface area contributed by atoms with Gasteiger partial charge in [0.15, 0.2) is 0 Å². The van der Waals surface area contributed by atoms with E-state index in [1.807, 2.05) is 0 Å². The largest absolute Gasteiger partial charge is 0.329 e. The van der Waals surface area contributed by atoms with E-state index in [1.54, 1.807) is 0 Å². The number of thioether (sulfide) groups is 1. The van der Waals surface area contributed by atoms with Crippen molar-refractivity contribution in [2.75, 3.05) is 44.2 Å². The Morgan fingerprint density at radius 1 is 1.06 bits per heavy atom. The number of piperazine rings is 1. The maximum absolute atomic E-state index is 6.11. The van der Waals surface area contributed by atoms with E-state index in [1.165, 1.54) is 63.4 Å². The number of rotatable bonds is 3. The molecule has 4 heteroatoms. The Labute approximate surface area is 109 Å². The quantitative estimate of drug-likeness (QED) is 0.815. The third-order valence-corrected chi connectivity index (χ3v) is 5.84. The Balaban J connectivity index is 1.59.